The summed E-state index contributed by atoms with van der Waals surface area (Å²) in [5.41, 5.74) is 1.96. The van der Waals surface area contributed by atoms with Crippen molar-refractivity contribution in [2.24, 2.45) is 0 Å². The van der Waals surface area contributed by atoms with Gasteiger partial charge in [0, 0.05) is 11.8 Å². The van der Waals surface area contributed by atoms with Crippen LogP contribution in [0.25, 0.3) is 0 Å². The molecule has 116 valence electrons. The lowest BCUT2D eigenvalue weighted by atomic mass is 9.87. The molecule has 0 fully saturated rings. The van der Waals surface area contributed by atoms with Crippen LogP contribution in [-0.4, -0.2) is 9.49 Å². The molecule has 1 heterocycles. The van der Waals surface area contributed by atoms with Gasteiger partial charge in [-0.3, -0.25) is 14.9 Å². The minimum Gasteiger partial charge on any atom is -0.303 e. The van der Waals surface area contributed by atoms with Gasteiger partial charge in [0.1, 0.15) is 0 Å². The highest BCUT2D eigenvalue weighted by Gasteiger charge is 2.16. The third-order valence-corrected chi connectivity index (χ3v) is 3.73. The topological polar surface area (TPSA) is 65.1 Å². The Labute approximate surface area is 129 Å². The number of pyridine rings is 1. The van der Waals surface area contributed by atoms with Gasteiger partial charge in [0.15, 0.2) is 0 Å². The molecule has 1 aromatic carbocycles. The summed E-state index contributed by atoms with van der Waals surface area (Å²) in [4.78, 5) is 22.4. The molecule has 5 nitrogen and oxygen atoms in total. The zero-order valence-electron chi connectivity index (χ0n) is 13.3. The van der Waals surface area contributed by atoms with E-state index in [2.05, 4.69) is 20.8 Å². The van der Waals surface area contributed by atoms with Gasteiger partial charge < -0.3 is 4.57 Å². The van der Waals surface area contributed by atoms with E-state index in [-0.39, 0.29) is 5.41 Å². The fourth-order valence-corrected chi connectivity index (χ4v) is 2.29. The van der Waals surface area contributed by atoms with Crippen molar-refractivity contribution in [1.82, 2.24) is 4.57 Å². The Morgan fingerprint density at radius 2 is 1.68 bits per heavy atom. The van der Waals surface area contributed by atoms with Crippen molar-refractivity contribution in [2.75, 3.05) is 0 Å². The van der Waals surface area contributed by atoms with Gasteiger partial charge in [-0.1, -0.05) is 45.0 Å². The van der Waals surface area contributed by atoms with E-state index in [1.165, 1.54) is 16.2 Å². The number of rotatable bonds is 3. The van der Waals surface area contributed by atoms with E-state index in [9.17, 15) is 14.9 Å². The number of hydrogen-bond donors (Lipinski definition) is 0. The van der Waals surface area contributed by atoms with Crippen molar-refractivity contribution >= 4 is 5.69 Å². The monoisotopic (exact) mass is 300 g/mol. The van der Waals surface area contributed by atoms with Crippen LogP contribution in [0.3, 0.4) is 0 Å². The average Bonchev–Trinajstić information content (AvgIpc) is 2.42. The van der Waals surface area contributed by atoms with Crippen LogP contribution in [0, 0.1) is 17.0 Å². The number of nitro groups is 1. The maximum atomic E-state index is 12.2. The maximum absolute atomic E-state index is 12.2. The molecule has 2 aromatic rings. The summed E-state index contributed by atoms with van der Waals surface area (Å²) in [6.07, 6.45) is 0. The Morgan fingerprint density at radius 3 is 2.18 bits per heavy atom. The number of nitrogens with zero attached hydrogens (tertiary/aromatic N) is 2. The minimum atomic E-state index is -0.638. The van der Waals surface area contributed by atoms with E-state index in [0.29, 0.717) is 12.2 Å². The summed E-state index contributed by atoms with van der Waals surface area (Å²) in [7, 11) is 0. The van der Waals surface area contributed by atoms with Crippen LogP contribution >= 0.6 is 0 Å². The molecule has 2 rings (SSSR count). The molecule has 0 spiro atoms. The number of aryl methyl sites for hydroxylation is 1. The van der Waals surface area contributed by atoms with Crippen LogP contribution in [0.15, 0.2) is 41.2 Å². The fourth-order valence-electron chi connectivity index (χ4n) is 2.29. The van der Waals surface area contributed by atoms with Gasteiger partial charge in [0.2, 0.25) is 0 Å². The summed E-state index contributed by atoms with van der Waals surface area (Å²) in [5.74, 6) is 0. The van der Waals surface area contributed by atoms with Gasteiger partial charge in [0.25, 0.3) is 0 Å². The molecule has 0 aliphatic rings. The third kappa shape index (κ3) is 3.24. The van der Waals surface area contributed by atoms with Crippen molar-refractivity contribution < 1.29 is 4.92 Å². The van der Waals surface area contributed by atoms with Crippen molar-refractivity contribution in [1.29, 1.82) is 0 Å². The summed E-state index contributed by atoms with van der Waals surface area (Å²) in [5, 5.41) is 10.9. The molecule has 22 heavy (non-hydrogen) atoms. The van der Waals surface area contributed by atoms with E-state index in [4.69, 9.17) is 0 Å². The first kappa shape index (κ1) is 15.9. The third-order valence-electron chi connectivity index (χ3n) is 3.73. The number of aromatic nitrogens is 1. The second kappa shape index (κ2) is 5.75. The van der Waals surface area contributed by atoms with Gasteiger partial charge in [-0.05, 0) is 29.5 Å². The number of benzene rings is 1. The molecule has 0 bridgehead atoms. The second-order valence-electron chi connectivity index (χ2n) is 6.46. The minimum absolute atomic E-state index is 0.0663. The predicted octanol–water partition coefficient (Wildman–Crippen LogP) is 3.41. The molecule has 0 saturated heterocycles. The molecule has 0 atom stereocenters. The van der Waals surface area contributed by atoms with Crippen molar-refractivity contribution in [3.63, 3.8) is 0 Å². The van der Waals surface area contributed by atoms with Crippen molar-refractivity contribution in [2.45, 2.75) is 39.7 Å². The molecule has 0 aliphatic carbocycles. The van der Waals surface area contributed by atoms with E-state index >= 15 is 0 Å². The molecule has 0 N–H and O–H groups in total. The van der Waals surface area contributed by atoms with E-state index in [0.717, 1.165) is 5.56 Å². The van der Waals surface area contributed by atoms with Crippen LogP contribution in [0.5, 0.6) is 0 Å². The maximum Gasteiger partial charge on any atom is 0.334 e. The Kier molecular flexibility index (Phi) is 4.17. The quantitative estimate of drug-likeness (QED) is 0.644. The largest absolute Gasteiger partial charge is 0.334 e. The van der Waals surface area contributed by atoms with Crippen LogP contribution in [-0.2, 0) is 12.0 Å². The van der Waals surface area contributed by atoms with E-state index in [1.54, 1.807) is 13.0 Å². The summed E-state index contributed by atoms with van der Waals surface area (Å²) in [6, 6.07) is 10.9. The molecule has 0 saturated carbocycles. The zero-order valence-corrected chi connectivity index (χ0v) is 13.3. The molecule has 0 aliphatic heterocycles. The first-order chi connectivity index (χ1) is 10.2. The highest BCUT2D eigenvalue weighted by molar-refractivity contribution is 5.31. The van der Waals surface area contributed by atoms with Gasteiger partial charge in [0.05, 0.1) is 11.5 Å². The average molecular weight is 300 g/mol. The Hall–Kier alpha value is -2.43. The highest BCUT2D eigenvalue weighted by atomic mass is 16.6. The van der Waals surface area contributed by atoms with Crippen LogP contribution < -0.4 is 5.56 Å². The zero-order chi connectivity index (χ0) is 16.5. The summed E-state index contributed by atoms with van der Waals surface area (Å²) in [6.45, 7) is 8.51. The molecule has 0 amide bonds. The number of hydrogen-bond acceptors (Lipinski definition) is 3. The van der Waals surface area contributed by atoms with Crippen molar-refractivity contribution in [3.8, 4) is 0 Å². The van der Waals surface area contributed by atoms with Crippen molar-refractivity contribution in [3.05, 3.63) is 73.7 Å². The predicted molar refractivity (Wildman–Crippen MR) is 86.3 cm³/mol. The van der Waals surface area contributed by atoms with Crippen LogP contribution in [0.1, 0.15) is 37.6 Å². The summed E-state index contributed by atoms with van der Waals surface area (Å²) >= 11 is 0. The Bertz CT molecular complexity index is 753. The highest BCUT2D eigenvalue weighted by Crippen LogP contribution is 2.22. The summed E-state index contributed by atoms with van der Waals surface area (Å²) < 4.78 is 1.43. The van der Waals surface area contributed by atoms with Gasteiger partial charge in [-0.15, -0.1) is 0 Å². The van der Waals surface area contributed by atoms with Crippen LogP contribution in [0.2, 0.25) is 0 Å². The van der Waals surface area contributed by atoms with Crippen LogP contribution in [0.4, 0.5) is 5.69 Å². The molecular formula is C17H20N2O3. The van der Waals surface area contributed by atoms with Gasteiger partial charge in [-0.25, -0.2) is 0 Å². The molecule has 1 aromatic heterocycles. The van der Waals surface area contributed by atoms with E-state index < -0.39 is 16.2 Å². The van der Waals surface area contributed by atoms with E-state index in [1.807, 2.05) is 24.3 Å². The molecular weight excluding hydrogens is 280 g/mol. The molecule has 0 radical (unpaired) electrons. The first-order valence-electron chi connectivity index (χ1n) is 7.14. The first-order valence-corrected chi connectivity index (χ1v) is 7.14. The Balaban J connectivity index is 2.37. The second-order valence-corrected chi connectivity index (χ2v) is 6.46. The van der Waals surface area contributed by atoms with Gasteiger partial charge in [-0.2, -0.15) is 0 Å². The standard InChI is InChI=1S/C17H20N2O3/c1-12-5-10-15(19(21)22)16(20)18(12)11-13-6-8-14(9-7-13)17(2,3)4/h5-10H,11H2,1-4H3. The lowest BCUT2D eigenvalue weighted by Crippen LogP contribution is -2.24. The Morgan fingerprint density at radius 1 is 1.09 bits per heavy atom. The lowest BCUT2D eigenvalue weighted by Gasteiger charge is -2.19. The fraction of sp³-hybridized carbons (Fsp3) is 0.353. The molecule has 0 unspecified atom stereocenters. The lowest BCUT2D eigenvalue weighted by molar-refractivity contribution is -0.386. The molecule has 5 heteroatoms. The smallest absolute Gasteiger partial charge is 0.303 e. The normalized spacial score (nSPS) is 11.5. The SMILES string of the molecule is Cc1ccc([N+](=O)[O-])c(=O)n1Cc1ccc(C(C)(C)C)cc1. The van der Waals surface area contributed by atoms with Gasteiger partial charge >= 0.3 is 11.2 Å².